The number of alkyl halides is 3. The van der Waals surface area contributed by atoms with Gasteiger partial charge in [0.2, 0.25) is 15.9 Å². The number of halogens is 3. The highest BCUT2D eigenvalue weighted by atomic mass is 32.2. The maximum Gasteiger partial charge on any atom is 0.406 e. The second kappa shape index (κ2) is 6.78. The lowest BCUT2D eigenvalue weighted by Gasteiger charge is -2.33. The summed E-state index contributed by atoms with van der Waals surface area (Å²) in [4.78, 5) is 12.9. The van der Waals surface area contributed by atoms with Gasteiger partial charge in [-0.3, -0.25) is 4.79 Å². The lowest BCUT2D eigenvalue weighted by molar-refractivity contribution is -0.163. The largest absolute Gasteiger partial charge is 0.406 e. The molecule has 9 heteroatoms. The molecular formula is C12H19F3N2O3S. The number of amides is 1. The predicted molar refractivity (Wildman–Crippen MR) is 72.0 cm³/mol. The molecule has 0 aromatic carbocycles. The lowest BCUT2D eigenvalue weighted by atomic mass is 9.98. The molecule has 122 valence electrons. The van der Waals surface area contributed by atoms with Crippen LogP contribution in [0.2, 0.25) is 0 Å². The minimum atomic E-state index is -4.50. The van der Waals surface area contributed by atoms with Gasteiger partial charge in [-0.05, 0) is 12.8 Å². The Morgan fingerprint density at radius 3 is 2.57 bits per heavy atom. The van der Waals surface area contributed by atoms with Gasteiger partial charge in [-0.2, -0.15) is 13.2 Å². The Hall–Kier alpha value is -1.09. The van der Waals surface area contributed by atoms with Crippen molar-refractivity contribution in [1.82, 2.24) is 9.21 Å². The molecule has 1 fully saturated rings. The van der Waals surface area contributed by atoms with Crippen molar-refractivity contribution < 1.29 is 26.4 Å². The van der Waals surface area contributed by atoms with Gasteiger partial charge in [0.05, 0.1) is 12.2 Å². The fraction of sp³-hybridized carbons (Fsp3) is 0.750. The molecule has 0 N–H and O–H groups in total. The molecule has 0 spiro atoms. The summed E-state index contributed by atoms with van der Waals surface area (Å²) in [5, 5.41) is 0. The highest BCUT2D eigenvalue weighted by Gasteiger charge is 2.37. The van der Waals surface area contributed by atoms with E-state index in [4.69, 9.17) is 0 Å². The van der Waals surface area contributed by atoms with Crippen molar-refractivity contribution in [3.63, 3.8) is 0 Å². The van der Waals surface area contributed by atoms with E-state index in [0.29, 0.717) is 24.3 Å². The Kier molecular flexibility index (Phi) is 5.80. The Balaban J connectivity index is 2.81. The number of piperidine rings is 1. The van der Waals surface area contributed by atoms with Crippen LogP contribution in [0.5, 0.6) is 0 Å². The van der Waals surface area contributed by atoms with E-state index in [-0.39, 0.29) is 13.1 Å². The smallest absolute Gasteiger partial charge is 0.330 e. The monoisotopic (exact) mass is 328 g/mol. The van der Waals surface area contributed by atoms with E-state index in [1.165, 1.54) is 6.08 Å². The molecule has 0 bridgehead atoms. The van der Waals surface area contributed by atoms with Gasteiger partial charge in [-0.25, -0.2) is 12.7 Å². The van der Waals surface area contributed by atoms with Crippen LogP contribution in [0.25, 0.3) is 0 Å². The first-order chi connectivity index (χ1) is 9.54. The molecule has 0 saturated carbocycles. The number of hydrogen-bond donors (Lipinski definition) is 0. The van der Waals surface area contributed by atoms with E-state index in [0.717, 1.165) is 10.6 Å². The van der Waals surface area contributed by atoms with Crippen LogP contribution in [0.3, 0.4) is 0 Å². The Morgan fingerprint density at radius 1 is 1.48 bits per heavy atom. The fourth-order valence-corrected chi connectivity index (χ4v) is 3.22. The van der Waals surface area contributed by atoms with Gasteiger partial charge in [0.1, 0.15) is 6.54 Å². The van der Waals surface area contributed by atoms with Crippen molar-refractivity contribution in [2.45, 2.75) is 19.0 Å². The summed E-state index contributed by atoms with van der Waals surface area (Å²) in [7, 11) is -3.45. The van der Waals surface area contributed by atoms with Gasteiger partial charge in [0.15, 0.2) is 0 Å². The van der Waals surface area contributed by atoms with E-state index in [1.807, 2.05) is 0 Å². The summed E-state index contributed by atoms with van der Waals surface area (Å²) in [6.07, 6.45) is -1.41. The lowest BCUT2D eigenvalue weighted by Crippen LogP contribution is -2.48. The van der Waals surface area contributed by atoms with Crippen LogP contribution >= 0.6 is 0 Å². The molecular weight excluding hydrogens is 309 g/mol. The molecule has 1 amide bonds. The Bertz CT molecular complexity index is 490. The Labute approximate surface area is 122 Å². The van der Waals surface area contributed by atoms with E-state index in [1.54, 1.807) is 0 Å². The van der Waals surface area contributed by atoms with Crippen LogP contribution in [0, 0.1) is 5.92 Å². The molecule has 1 rings (SSSR count). The SMILES string of the molecule is C=CCN(CC(F)(F)F)C(=O)C1CCCN(S(C)(=O)=O)C1. The molecule has 0 aromatic rings. The van der Waals surface area contributed by atoms with Crippen molar-refractivity contribution in [2.75, 3.05) is 32.4 Å². The van der Waals surface area contributed by atoms with Crippen molar-refractivity contribution in [1.29, 1.82) is 0 Å². The first-order valence-electron chi connectivity index (χ1n) is 6.46. The topological polar surface area (TPSA) is 57.7 Å². The number of carbonyl (C=O) groups is 1. The van der Waals surface area contributed by atoms with Crippen LogP contribution in [-0.4, -0.2) is 62.1 Å². The summed E-state index contributed by atoms with van der Waals surface area (Å²) in [6, 6.07) is 0. The standard InChI is InChI=1S/C12H19F3N2O3S/c1-3-6-16(9-12(13,14)15)11(18)10-5-4-7-17(8-10)21(2,19)20/h3,10H,1,4-9H2,2H3. The number of sulfonamides is 1. The summed E-state index contributed by atoms with van der Waals surface area (Å²) in [6.45, 7) is 2.00. The van der Waals surface area contributed by atoms with Crippen LogP contribution < -0.4 is 0 Å². The second-order valence-corrected chi connectivity index (χ2v) is 7.07. The van der Waals surface area contributed by atoms with E-state index >= 15 is 0 Å². The third kappa shape index (κ3) is 5.66. The van der Waals surface area contributed by atoms with E-state index < -0.39 is 34.6 Å². The van der Waals surface area contributed by atoms with Gasteiger partial charge >= 0.3 is 6.18 Å². The quantitative estimate of drug-likeness (QED) is 0.714. The molecule has 1 saturated heterocycles. The molecule has 0 aromatic heterocycles. The van der Waals surface area contributed by atoms with Crippen molar-refractivity contribution in [3.8, 4) is 0 Å². The summed E-state index contributed by atoms with van der Waals surface area (Å²) < 4.78 is 61.6. The van der Waals surface area contributed by atoms with Crippen LogP contribution in [0.1, 0.15) is 12.8 Å². The van der Waals surface area contributed by atoms with Crippen LogP contribution in [0.4, 0.5) is 13.2 Å². The van der Waals surface area contributed by atoms with Crippen LogP contribution in [0.15, 0.2) is 12.7 Å². The van der Waals surface area contributed by atoms with Gasteiger partial charge in [0.25, 0.3) is 0 Å². The minimum Gasteiger partial charge on any atom is -0.330 e. The van der Waals surface area contributed by atoms with Crippen molar-refractivity contribution >= 4 is 15.9 Å². The molecule has 1 heterocycles. The number of hydrogen-bond acceptors (Lipinski definition) is 3. The van der Waals surface area contributed by atoms with Gasteiger partial charge in [0, 0.05) is 19.6 Å². The van der Waals surface area contributed by atoms with Gasteiger partial charge in [-0.15, -0.1) is 6.58 Å². The van der Waals surface area contributed by atoms with E-state index in [9.17, 15) is 26.4 Å². The van der Waals surface area contributed by atoms with Gasteiger partial charge < -0.3 is 4.90 Å². The molecule has 1 unspecified atom stereocenters. The highest BCUT2D eigenvalue weighted by molar-refractivity contribution is 7.88. The maximum absolute atomic E-state index is 12.5. The highest BCUT2D eigenvalue weighted by Crippen LogP contribution is 2.23. The Morgan fingerprint density at radius 2 is 2.10 bits per heavy atom. The zero-order valence-electron chi connectivity index (χ0n) is 11.8. The molecule has 0 radical (unpaired) electrons. The first-order valence-corrected chi connectivity index (χ1v) is 8.31. The van der Waals surface area contributed by atoms with E-state index in [2.05, 4.69) is 6.58 Å². The second-order valence-electron chi connectivity index (χ2n) is 5.08. The van der Waals surface area contributed by atoms with Crippen molar-refractivity contribution in [3.05, 3.63) is 12.7 Å². The average molecular weight is 328 g/mol. The molecule has 0 aliphatic carbocycles. The zero-order valence-corrected chi connectivity index (χ0v) is 12.6. The molecule has 1 aliphatic heterocycles. The number of rotatable bonds is 5. The zero-order chi connectivity index (χ0) is 16.3. The molecule has 1 aliphatic rings. The summed E-state index contributed by atoms with van der Waals surface area (Å²) in [5.41, 5.74) is 0. The minimum absolute atomic E-state index is 0.0663. The average Bonchev–Trinajstić information content (AvgIpc) is 2.35. The summed E-state index contributed by atoms with van der Waals surface area (Å²) >= 11 is 0. The third-order valence-corrected chi connectivity index (χ3v) is 4.50. The number of carbonyl (C=O) groups excluding carboxylic acids is 1. The molecule has 1 atom stereocenters. The predicted octanol–water partition coefficient (Wildman–Crippen LogP) is 1.23. The summed E-state index contributed by atoms with van der Waals surface area (Å²) in [5.74, 6) is -1.42. The number of nitrogens with zero attached hydrogens (tertiary/aromatic N) is 2. The van der Waals surface area contributed by atoms with Gasteiger partial charge in [-0.1, -0.05) is 6.08 Å². The molecule has 5 nitrogen and oxygen atoms in total. The van der Waals surface area contributed by atoms with Crippen LogP contribution in [-0.2, 0) is 14.8 Å². The fourth-order valence-electron chi connectivity index (χ4n) is 2.31. The first kappa shape index (κ1) is 18.0. The maximum atomic E-state index is 12.5. The molecule has 21 heavy (non-hydrogen) atoms. The normalized spacial score (nSPS) is 21.0. The third-order valence-electron chi connectivity index (χ3n) is 3.23. The van der Waals surface area contributed by atoms with Crippen molar-refractivity contribution in [2.24, 2.45) is 5.92 Å².